The van der Waals surface area contributed by atoms with Crippen molar-refractivity contribution in [3.8, 4) is 0 Å². The van der Waals surface area contributed by atoms with E-state index in [-0.39, 0.29) is 31.8 Å². The van der Waals surface area contributed by atoms with Crippen LogP contribution in [0, 0.1) is 0 Å². The lowest BCUT2D eigenvalue weighted by Crippen LogP contribution is -2.49. The summed E-state index contributed by atoms with van der Waals surface area (Å²) >= 11 is 0. The van der Waals surface area contributed by atoms with Crippen molar-refractivity contribution in [2.45, 2.75) is 24.0 Å². The Morgan fingerprint density at radius 2 is 1.69 bits per heavy atom. The Labute approximate surface area is 75.8 Å². The van der Waals surface area contributed by atoms with Gasteiger partial charge in [0.15, 0.2) is 0 Å². The summed E-state index contributed by atoms with van der Waals surface area (Å²) in [7, 11) is 0. The van der Waals surface area contributed by atoms with E-state index in [1.165, 1.54) is 0 Å². The van der Waals surface area contributed by atoms with Crippen LogP contribution >= 0.6 is 0 Å². The fraction of sp³-hybridized carbons (Fsp3) is 0.667. The summed E-state index contributed by atoms with van der Waals surface area (Å²) in [5.41, 5.74) is -1.73. The number of fused-ring (bicyclic) bond motifs is 2. The molecule has 0 aromatic rings. The molecule has 2 atom stereocenters. The molecule has 0 radical (unpaired) electrons. The number of ketones is 1. The second kappa shape index (κ2) is 2.64. The number of ether oxygens (including phenoxy) is 1. The monoisotopic (exact) mass is 184 g/mol. The van der Waals surface area contributed by atoms with Gasteiger partial charge in [0, 0.05) is 12.8 Å². The zero-order valence-electron chi connectivity index (χ0n) is 7.19. The van der Waals surface area contributed by atoms with Crippen LogP contribution in [0.3, 0.4) is 0 Å². The molecule has 2 unspecified atom stereocenters. The van der Waals surface area contributed by atoms with Crippen molar-refractivity contribution in [1.29, 1.82) is 0 Å². The van der Waals surface area contributed by atoms with Gasteiger partial charge >= 0.3 is 0 Å². The zero-order chi connectivity index (χ0) is 9.53. The van der Waals surface area contributed by atoms with Gasteiger partial charge in [-0.1, -0.05) is 12.2 Å². The maximum Gasteiger partial charge on any atom is 0.139 e. The van der Waals surface area contributed by atoms with Gasteiger partial charge in [-0.05, 0) is 0 Å². The van der Waals surface area contributed by atoms with E-state index < -0.39 is 11.2 Å². The number of carbonyl (C=O) groups excluding carboxylic acids is 1. The molecule has 0 aromatic carbocycles. The molecule has 2 heterocycles. The first-order chi connectivity index (χ1) is 6.14. The molecule has 2 aliphatic heterocycles. The minimum absolute atomic E-state index is 0.0272. The highest BCUT2D eigenvalue weighted by molar-refractivity contribution is 5.83. The number of rotatable bonds is 2. The number of hydrogen-bond acceptors (Lipinski definition) is 4. The minimum atomic E-state index is -0.863. The summed E-state index contributed by atoms with van der Waals surface area (Å²) in [6.45, 7) is -0.423. The smallest absolute Gasteiger partial charge is 0.139 e. The second-order valence-electron chi connectivity index (χ2n) is 3.77. The summed E-state index contributed by atoms with van der Waals surface area (Å²) in [6, 6.07) is 0. The van der Waals surface area contributed by atoms with Crippen molar-refractivity contribution in [3.05, 3.63) is 12.2 Å². The summed E-state index contributed by atoms with van der Waals surface area (Å²) in [4.78, 5) is 11.3. The van der Waals surface area contributed by atoms with E-state index in [1.54, 1.807) is 12.2 Å². The predicted molar refractivity (Wildman–Crippen MR) is 44.1 cm³/mol. The van der Waals surface area contributed by atoms with Gasteiger partial charge in [-0.15, -0.1) is 0 Å². The van der Waals surface area contributed by atoms with Crippen LogP contribution in [0.5, 0.6) is 0 Å². The average molecular weight is 184 g/mol. The predicted octanol–water partition coefficient (Wildman–Crippen LogP) is -0.602. The van der Waals surface area contributed by atoms with Gasteiger partial charge in [0.05, 0.1) is 13.2 Å². The molecule has 0 saturated carbocycles. The van der Waals surface area contributed by atoms with Gasteiger partial charge in [-0.25, -0.2) is 0 Å². The van der Waals surface area contributed by atoms with Gasteiger partial charge in [-0.3, -0.25) is 4.79 Å². The molecule has 72 valence electrons. The molecule has 0 spiro atoms. The van der Waals surface area contributed by atoms with E-state index in [2.05, 4.69) is 0 Å². The Bertz CT molecular complexity index is 249. The molecule has 0 amide bonds. The van der Waals surface area contributed by atoms with E-state index in [1.807, 2.05) is 0 Å². The van der Waals surface area contributed by atoms with Crippen molar-refractivity contribution in [2.75, 3.05) is 13.2 Å². The van der Waals surface area contributed by atoms with Crippen LogP contribution in [0.15, 0.2) is 12.2 Å². The highest BCUT2D eigenvalue weighted by Crippen LogP contribution is 2.40. The lowest BCUT2D eigenvalue weighted by Gasteiger charge is -2.37. The molecule has 13 heavy (non-hydrogen) atoms. The Morgan fingerprint density at radius 1 is 1.23 bits per heavy atom. The first-order valence-corrected chi connectivity index (χ1v) is 4.28. The fourth-order valence-electron chi connectivity index (χ4n) is 1.98. The zero-order valence-corrected chi connectivity index (χ0v) is 7.19. The Hall–Kier alpha value is -0.710. The van der Waals surface area contributed by atoms with Crippen LogP contribution in [-0.2, 0) is 9.53 Å². The topological polar surface area (TPSA) is 66.8 Å². The molecule has 1 saturated heterocycles. The minimum Gasteiger partial charge on any atom is -0.393 e. The van der Waals surface area contributed by atoms with Gasteiger partial charge in [-0.2, -0.15) is 0 Å². The van der Waals surface area contributed by atoms with E-state index in [9.17, 15) is 4.79 Å². The number of Topliss-reactive ketones (excluding diaryl/α,β-unsaturated/α-hetero) is 1. The molecule has 2 rings (SSSR count). The van der Waals surface area contributed by atoms with Crippen molar-refractivity contribution in [2.24, 2.45) is 0 Å². The third-order valence-corrected chi connectivity index (χ3v) is 2.63. The number of aliphatic hydroxyl groups excluding tert-OH is 2. The van der Waals surface area contributed by atoms with Crippen LogP contribution in [-0.4, -0.2) is 40.4 Å². The standard InChI is InChI=1S/C9H12O4/c10-5-8-1-2-9(6-11,13-8)4-7(12)3-8/h1-2,10-11H,3-6H2. The molecule has 0 aromatic heterocycles. The molecule has 2 N–H and O–H groups in total. The van der Waals surface area contributed by atoms with Gasteiger partial charge in [0.1, 0.15) is 17.0 Å². The van der Waals surface area contributed by atoms with Crippen LogP contribution in [0.2, 0.25) is 0 Å². The number of carbonyl (C=O) groups is 1. The summed E-state index contributed by atoms with van der Waals surface area (Å²) < 4.78 is 5.51. The van der Waals surface area contributed by atoms with E-state index >= 15 is 0 Å². The lowest BCUT2D eigenvalue weighted by molar-refractivity contribution is -0.170. The third kappa shape index (κ3) is 1.22. The molecule has 2 bridgehead atoms. The SMILES string of the molecule is O=C1CC2(CO)C=CC(CO)(C1)O2. The van der Waals surface area contributed by atoms with Crippen molar-refractivity contribution < 1.29 is 19.7 Å². The first-order valence-electron chi connectivity index (χ1n) is 4.28. The third-order valence-electron chi connectivity index (χ3n) is 2.63. The van der Waals surface area contributed by atoms with Crippen LogP contribution in [0.25, 0.3) is 0 Å². The molecule has 2 aliphatic rings. The second-order valence-corrected chi connectivity index (χ2v) is 3.77. The Balaban J connectivity index is 2.30. The van der Waals surface area contributed by atoms with E-state index in [0.717, 1.165) is 0 Å². The highest BCUT2D eigenvalue weighted by Gasteiger charge is 2.50. The van der Waals surface area contributed by atoms with Crippen LogP contribution in [0.4, 0.5) is 0 Å². The summed E-state index contributed by atoms with van der Waals surface area (Å²) in [6.07, 6.45) is 3.80. The Kier molecular flexibility index (Phi) is 1.80. The maximum absolute atomic E-state index is 11.3. The van der Waals surface area contributed by atoms with E-state index in [0.29, 0.717) is 0 Å². The van der Waals surface area contributed by atoms with Gasteiger partial charge in [0.2, 0.25) is 0 Å². The maximum atomic E-state index is 11.3. The molecule has 4 heteroatoms. The molecular formula is C9H12O4. The number of hydrogen-bond donors (Lipinski definition) is 2. The van der Waals surface area contributed by atoms with Gasteiger partial charge in [0.25, 0.3) is 0 Å². The van der Waals surface area contributed by atoms with Crippen molar-refractivity contribution in [1.82, 2.24) is 0 Å². The normalized spacial score (nSPS) is 42.8. The van der Waals surface area contributed by atoms with Crippen molar-refractivity contribution >= 4 is 5.78 Å². The highest BCUT2D eigenvalue weighted by atomic mass is 16.5. The Morgan fingerprint density at radius 3 is 2.08 bits per heavy atom. The molecule has 0 aliphatic carbocycles. The van der Waals surface area contributed by atoms with Gasteiger partial charge < -0.3 is 14.9 Å². The molecular weight excluding hydrogens is 172 g/mol. The quantitative estimate of drug-likeness (QED) is 0.562. The van der Waals surface area contributed by atoms with Crippen molar-refractivity contribution in [3.63, 3.8) is 0 Å². The van der Waals surface area contributed by atoms with Crippen LogP contribution < -0.4 is 0 Å². The lowest BCUT2D eigenvalue weighted by atomic mass is 9.91. The first kappa shape index (κ1) is 8.87. The molecule has 4 nitrogen and oxygen atoms in total. The average Bonchev–Trinajstić information content (AvgIpc) is 2.41. The summed E-state index contributed by atoms with van der Waals surface area (Å²) in [5.74, 6) is 0.0272. The number of aliphatic hydroxyl groups is 2. The largest absolute Gasteiger partial charge is 0.393 e. The molecule has 1 fully saturated rings. The fourth-order valence-corrected chi connectivity index (χ4v) is 1.98. The van der Waals surface area contributed by atoms with Crippen LogP contribution in [0.1, 0.15) is 12.8 Å². The van der Waals surface area contributed by atoms with E-state index in [4.69, 9.17) is 14.9 Å². The summed E-state index contributed by atoms with van der Waals surface area (Å²) in [5, 5.41) is 18.2.